The molecule has 1 aliphatic rings. The van der Waals surface area contributed by atoms with Crippen molar-refractivity contribution in [3.05, 3.63) is 82.8 Å². The number of ether oxygens (including phenoxy) is 1. The third-order valence-corrected chi connectivity index (χ3v) is 5.24. The molecule has 0 atom stereocenters. The van der Waals surface area contributed by atoms with Gasteiger partial charge in [-0.25, -0.2) is 0 Å². The van der Waals surface area contributed by atoms with E-state index in [0.29, 0.717) is 18.8 Å². The van der Waals surface area contributed by atoms with Crippen LogP contribution in [0.5, 0.6) is 5.75 Å². The number of benzene rings is 2. The quantitative estimate of drug-likeness (QED) is 0.669. The van der Waals surface area contributed by atoms with Gasteiger partial charge in [0.05, 0.1) is 12.8 Å². The molecule has 0 radical (unpaired) electrons. The molecule has 154 valence electrons. The molecule has 0 N–H and O–H groups in total. The standard InChI is InChI=1S/C23H24N4O3/c1-30-20-10-8-18(9-11-20)25-14-5-15-26(17-16-25)23(29)21-12-13-22(28)27(24-21)19-6-3-2-4-7-19/h2-4,6-13H,5,14-17H2,1H3. The number of anilines is 1. The van der Waals surface area contributed by atoms with E-state index in [0.717, 1.165) is 30.9 Å². The van der Waals surface area contributed by atoms with Gasteiger partial charge < -0.3 is 14.5 Å². The van der Waals surface area contributed by atoms with Gasteiger partial charge in [-0.1, -0.05) is 18.2 Å². The lowest BCUT2D eigenvalue weighted by atomic mass is 10.2. The number of hydrogen-bond donors (Lipinski definition) is 0. The Morgan fingerprint density at radius 3 is 2.37 bits per heavy atom. The van der Waals surface area contributed by atoms with E-state index in [1.165, 1.54) is 16.8 Å². The average molecular weight is 404 g/mol. The van der Waals surface area contributed by atoms with Gasteiger partial charge in [-0.2, -0.15) is 9.78 Å². The molecule has 0 unspecified atom stereocenters. The van der Waals surface area contributed by atoms with E-state index < -0.39 is 0 Å². The number of para-hydroxylation sites is 1. The predicted molar refractivity (Wildman–Crippen MR) is 116 cm³/mol. The summed E-state index contributed by atoms with van der Waals surface area (Å²) >= 11 is 0. The molecule has 4 rings (SSSR count). The normalized spacial score (nSPS) is 14.3. The zero-order chi connectivity index (χ0) is 20.9. The molecular weight excluding hydrogens is 380 g/mol. The first-order valence-electron chi connectivity index (χ1n) is 10.00. The summed E-state index contributed by atoms with van der Waals surface area (Å²) < 4.78 is 6.50. The predicted octanol–water partition coefficient (Wildman–Crippen LogP) is 2.59. The highest BCUT2D eigenvalue weighted by Crippen LogP contribution is 2.21. The Balaban J connectivity index is 1.49. The fourth-order valence-electron chi connectivity index (χ4n) is 3.61. The maximum absolute atomic E-state index is 13.1. The Morgan fingerprint density at radius 2 is 1.63 bits per heavy atom. The summed E-state index contributed by atoms with van der Waals surface area (Å²) in [4.78, 5) is 29.4. The van der Waals surface area contributed by atoms with Gasteiger partial charge in [-0.15, -0.1) is 0 Å². The Hall–Kier alpha value is -3.61. The molecule has 0 aliphatic carbocycles. The Bertz CT molecular complexity index is 1060. The van der Waals surface area contributed by atoms with Crippen LogP contribution in [0.1, 0.15) is 16.9 Å². The first-order chi connectivity index (χ1) is 14.7. The van der Waals surface area contributed by atoms with Crippen molar-refractivity contribution >= 4 is 11.6 Å². The van der Waals surface area contributed by atoms with Crippen LogP contribution in [0.15, 0.2) is 71.5 Å². The third kappa shape index (κ3) is 4.20. The smallest absolute Gasteiger partial charge is 0.274 e. The Morgan fingerprint density at radius 1 is 0.867 bits per heavy atom. The van der Waals surface area contributed by atoms with Crippen LogP contribution in [0.4, 0.5) is 5.69 Å². The van der Waals surface area contributed by atoms with Crippen LogP contribution in [0, 0.1) is 0 Å². The second-order valence-corrected chi connectivity index (χ2v) is 7.13. The van der Waals surface area contributed by atoms with E-state index in [4.69, 9.17) is 4.74 Å². The molecule has 1 aliphatic heterocycles. The molecule has 2 aromatic carbocycles. The van der Waals surface area contributed by atoms with Gasteiger partial charge in [0, 0.05) is 37.9 Å². The van der Waals surface area contributed by atoms with E-state index in [1.54, 1.807) is 19.2 Å². The lowest BCUT2D eigenvalue weighted by Gasteiger charge is -2.23. The third-order valence-electron chi connectivity index (χ3n) is 5.24. The number of carbonyl (C=O) groups is 1. The first kappa shape index (κ1) is 19.7. The summed E-state index contributed by atoms with van der Waals surface area (Å²) in [5, 5.41) is 4.33. The molecule has 1 aromatic heterocycles. The van der Waals surface area contributed by atoms with Crippen LogP contribution in [0.25, 0.3) is 5.69 Å². The van der Waals surface area contributed by atoms with Crippen LogP contribution >= 0.6 is 0 Å². The number of hydrogen-bond acceptors (Lipinski definition) is 5. The molecule has 1 fully saturated rings. The largest absolute Gasteiger partial charge is 0.497 e. The van der Waals surface area contributed by atoms with Crippen molar-refractivity contribution in [2.45, 2.75) is 6.42 Å². The first-order valence-corrected chi connectivity index (χ1v) is 10.00. The van der Waals surface area contributed by atoms with Crippen molar-refractivity contribution in [3.8, 4) is 11.4 Å². The van der Waals surface area contributed by atoms with Gasteiger partial charge in [0.15, 0.2) is 0 Å². The number of methoxy groups -OCH3 is 1. The minimum absolute atomic E-state index is 0.156. The summed E-state index contributed by atoms with van der Waals surface area (Å²) in [5.41, 5.74) is 1.76. The monoisotopic (exact) mass is 404 g/mol. The van der Waals surface area contributed by atoms with Gasteiger partial charge in [0.2, 0.25) is 0 Å². The van der Waals surface area contributed by atoms with Crippen molar-refractivity contribution in [2.75, 3.05) is 38.2 Å². The molecule has 7 nitrogen and oxygen atoms in total. The lowest BCUT2D eigenvalue weighted by Crippen LogP contribution is -2.36. The number of aromatic nitrogens is 2. The highest BCUT2D eigenvalue weighted by atomic mass is 16.5. The zero-order valence-electron chi connectivity index (χ0n) is 16.9. The molecule has 7 heteroatoms. The number of nitrogens with zero attached hydrogens (tertiary/aromatic N) is 4. The second-order valence-electron chi connectivity index (χ2n) is 7.13. The molecule has 1 saturated heterocycles. The van der Waals surface area contributed by atoms with Crippen molar-refractivity contribution < 1.29 is 9.53 Å². The van der Waals surface area contributed by atoms with Gasteiger partial charge in [-0.05, 0) is 48.9 Å². The molecule has 3 aromatic rings. The van der Waals surface area contributed by atoms with Crippen molar-refractivity contribution in [1.82, 2.24) is 14.7 Å². The summed E-state index contributed by atoms with van der Waals surface area (Å²) in [5.74, 6) is 0.668. The van der Waals surface area contributed by atoms with Crippen LogP contribution < -0.4 is 15.2 Å². The van der Waals surface area contributed by atoms with Crippen LogP contribution in [-0.2, 0) is 0 Å². The minimum Gasteiger partial charge on any atom is -0.497 e. The van der Waals surface area contributed by atoms with Crippen LogP contribution in [0.3, 0.4) is 0 Å². The average Bonchev–Trinajstić information content (AvgIpc) is 3.06. The molecule has 0 spiro atoms. The van der Waals surface area contributed by atoms with Gasteiger partial charge >= 0.3 is 0 Å². The molecular formula is C23H24N4O3. The Kier molecular flexibility index (Phi) is 5.79. The lowest BCUT2D eigenvalue weighted by molar-refractivity contribution is 0.0759. The minimum atomic E-state index is -0.265. The van der Waals surface area contributed by atoms with Gasteiger partial charge in [-0.3, -0.25) is 9.59 Å². The van der Waals surface area contributed by atoms with E-state index >= 15 is 0 Å². The molecule has 1 amide bonds. The molecule has 0 saturated carbocycles. The molecule has 30 heavy (non-hydrogen) atoms. The number of rotatable bonds is 4. The summed E-state index contributed by atoms with van der Waals surface area (Å²) in [6, 6.07) is 20.0. The van der Waals surface area contributed by atoms with Crippen LogP contribution in [-0.4, -0.2) is 53.9 Å². The summed E-state index contributed by atoms with van der Waals surface area (Å²) in [7, 11) is 1.65. The summed E-state index contributed by atoms with van der Waals surface area (Å²) in [6.45, 7) is 2.85. The van der Waals surface area contributed by atoms with E-state index in [2.05, 4.69) is 10.00 Å². The highest BCUT2D eigenvalue weighted by Gasteiger charge is 2.22. The van der Waals surface area contributed by atoms with Gasteiger partial charge in [0.1, 0.15) is 11.4 Å². The van der Waals surface area contributed by atoms with E-state index in [9.17, 15) is 9.59 Å². The molecule has 2 heterocycles. The fourth-order valence-corrected chi connectivity index (χ4v) is 3.61. The number of carbonyl (C=O) groups excluding carboxylic acids is 1. The van der Waals surface area contributed by atoms with E-state index in [1.807, 2.05) is 47.4 Å². The highest BCUT2D eigenvalue weighted by molar-refractivity contribution is 5.92. The van der Waals surface area contributed by atoms with Crippen molar-refractivity contribution in [1.29, 1.82) is 0 Å². The SMILES string of the molecule is COc1ccc(N2CCCN(C(=O)c3ccc(=O)n(-c4ccccc4)n3)CC2)cc1. The van der Waals surface area contributed by atoms with Crippen molar-refractivity contribution in [3.63, 3.8) is 0 Å². The van der Waals surface area contributed by atoms with Gasteiger partial charge in [0.25, 0.3) is 11.5 Å². The Labute approximate surface area is 175 Å². The van der Waals surface area contributed by atoms with E-state index in [-0.39, 0.29) is 17.2 Å². The van der Waals surface area contributed by atoms with Crippen molar-refractivity contribution in [2.24, 2.45) is 0 Å². The maximum atomic E-state index is 13.1. The summed E-state index contributed by atoms with van der Waals surface area (Å²) in [6.07, 6.45) is 0.857. The second kappa shape index (κ2) is 8.82. The maximum Gasteiger partial charge on any atom is 0.274 e. The fraction of sp³-hybridized carbons (Fsp3) is 0.261. The number of amides is 1. The molecule has 0 bridgehead atoms. The zero-order valence-corrected chi connectivity index (χ0v) is 16.9. The van der Waals surface area contributed by atoms with Crippen LogP contribution in [0.2, 0.25) is 0 Å². The topological polar surface area (TPSA) is 67.7 Å².